The van der Waals surface area contributed by atoms with Crippen molar-refractivity contribution in [2.75, 3.05) is 58.4 Å². The third-order valence-electron chi connectivity index (χ3n) is 12.5. The van der Waals surface area contributed by atoms with E-state index in [2.05, 4.69) is 61.8 Å². The van der Waals surface area contributed by atoms with Gasteiger partial charge in [-0.15, -0.1) is 59.3 Å². The van der Waals surface area contributed by atoms with Gasteiger partial charge in [0.15, 0.2) is 11.3 Å². The number of carbonyl (C=O) groups is 4. The highest BCUT2D eigenvalue weighted by Gasteiger charge is 2.28. The number of benzene rings is 5. The lowest BCUT2D eigenvalue weighted by Gasteiger charge is -2.14. The molecule has 3 amide bonds. The van der Waals surface area contributed by atoms with Gasteiger partial charge in [0, 0.05) is 54.3 Å². The number of hydrogen-bond donors (Lipinski definition) is 9. The number of aromatic carboxylic acids is 1. The van der Waals surface area contributed by atoms with Crippen LogP contribution in [0.2, 0.25) is 5.02 Å². The van der Waals surface area contributed by atoms with Crippen molar-refractivity contribution in [2.24, 2.45) is 40.9 Å². The molecule has 502 valence electrons. The van der Waals surface area contributed by atoms with Crippen molar-refractivity contribution in [3.05, 3.63) is 88.4 Å². The number of carboxylic acids is 1. The number of carboxylic acid groups (broad SMARTS) is 1. The topological polar surface area (TPSA) is 521 Å². The molecule has 0 aliphatic rings. The molecule has 0 spiro atoms. The molecule has 0 saturated carbocycles. The number of halogens is 1. The molecule has 0 atom stereocenters. The molecule has 7 aromatic rings. The highest BCUT2D eigenvalue weighted by atomic mass is 35.5. The largest absolute Gasteiger partial charge is 0.497 e. The molecule has 0 aliphatic carbocycles. The van der Waals surface area contributed by atoms with Crippen molar-refractivity contribution >= 4 is 179 Å². The fourth-order valence-electron chi connectivity index (χ4n) is 8.46. The Morgan fingerprint density at radius 1 is 0.642 bits per heavy atom. The second kappa shape index (κ2) is 30.9. The monoisotopic (exact) mass is 1440 g/mol. The van der Waals surface area contributed by atoms with E-state index >= 15 is 0 Å². The fourth-order valence-corrected chi connectivity index (χ4v) is 13.1. The van der Waals surface area contributed by atoms with Crippen LogP contribution in [-0.2, 0) is 54.9 Å². The number of fused-ring (bicyclic) bond motifs is 3. The third kappa shape index (κ3) is 20.2. The Bertz CT molecular complexity index is 4910. The fraction of sp³-hybridized carbons (Fsp3) is 0.259. The maximum absolute atomic E-state index is 12.9. The molecular formula is C54H53ClN14O20S6. The number of methoxy groups -OCH3 is 1. The number of rotatable bonds is 29. The Labute approximate surface area is 553 Å². The van der Waals surface area contributed by atoms with Gasteiger partial charge in [-0.1, -0.05) is 11.6 Å². The molecule has 9 N–H and O–H groups in total. The molecule has 41 heteroatoms. The van der Waals surface area contributed by atoms with Gasteiger partial charge in [0.25, 0.3) is 40.5 Å². The normalized spacial score (nSPS) is 12.3. The van der Waals surface area contributed by atoms with Crippen molar-refractivity contribution < 1.29 is 90.7 Å². The molecule has 0 unspecified atom stereocenters. The lowest BCUT2D eigenvalue weighted by atomic mass is 10.1. The van der Waals surface area contributed by atoms with Gasteiger partial charge in [-0.3, -0.25) is 37.0 Å². The van der Waals surface area contributed by atoms with E-state index in [1.807, 2.05) is 6.07 Å². The minimum absolute atomic E-state index is 0.00372. The maximum Gasteiger partial charge on any atom is 0.337 e. The van der Waals surface area contributed by atoms with Crippen LogP contribution in [0.25, 0.3) is 16.7 Å². The predicted molar refractivity (Wildman–Crippen MR) is 348 cm³/mol. The predicted octanol–water partition coefficient (Wildman–Crippen LogP) is 11.9. The maximum atomic E-state index is 12.9. The molecule has 2 aromatic heterocycles. The lowest BCUT2D eigenvalue weighted by Crippen LogP contribution is -2.09. The number of carbonyl (C=O) groups excluding carboxylic acids is 3. The number of amides is 3. The van der Waals surface area contributed by atoms with E-state index in [9.17, 15) is 86.5 Å². The molecular weight excluding hydrogens is 1390 g/mol. The number of pyridine rings is 1. The van der Waals surface area contributed by atoms with Gasteiger partial charge in [0.1, 0.15) is 62.2 Å². The average molecular weight is 1450 g/mol. The Balaban J connectivity index is 1.39. The number of thioether (sulfide) groups is 2. The van der Waals surface area contributed by atoms with Crippen LogP contribution in [-0.4, -0.2) is 138 Å². The summed E-state index contributed by atoms with van der Waals surface area (Å²) >= 11 is 8.02. The van der Waals surface area contributed by atoms with Crippen LogP contribution in [0.5, 0.6) is 17.4 Å². The van der Waals surface area contributed by atoms with Crippen LogP contribution in [0.3, 0.4) is 0 Å². The van der Waals surface area contributed by atoms with Crippen LogP contribution in [0.1, 0.15) is 61.5 Å². The van der Waals surface area contributed by atoms with Gasteiger partial charge in [-0.25, -0.2) is 9.78 Å². The van der Waals surface area contributed by atoms with E-state index in [-0.39, 0.29) is 147 Å². The van der Waals surface area contributed by atoms with Gasteiger partial charge in [0.2, 0.25) is 23.6 Å². The number of nitrogens with one attached hydrogen (secondary N) is 3. The average Bonchev–Trinajstić information content (AvgIpc) is 1.59. The molecule has 7 rings (SSSR count). The second-order valence-corrected chi connectivity index (χ2v) is 28.6. The summed E-state index contributed by atoms with van der Waals surface area (Å²) in [6.45, 7) is 4.36. The Morgan fingerprint density at radius 2 is 1.12 bits per heavy atom. The number of hydrogen-bond acceptors (Lipinski definition) is 27. The van der Waals surface area contributed by atoms with E-state index in [4.69, 9.17) is 21.1 Å². The first kappa shape index (κ1) is 73.3. The molecule has 5 aromatic carbocycles. The Morgan fingerprint density at radius 3 is 1.59 bits per heavy atom. The number of anilines is 3. The second-order valence-electron chi connectivity index (χ2n) is 19.8. The van der Waals surface area contributed by atoms with E-state index in [1.165, 1.54) is 63.4 Å². The van der Waals surface area contributed by atoms with Crippen molar-refractivity contribution in [1.82, 2.24) is 9.38 Å². The van der Waals surface area contributed by atoms with Gasteiger partial charge in [-0.2, -0.15) is 44.0 Å². The minimum Gasteiger partial charge on any atom is -0.497 e. The summed E-state index contributed by atoms with van der Waals surface area (Å²) < 4.78 is 146. The molecule has 0 aliphatic heterocycles. The summed E-state index contributed by atoms with van der Waals surface area (Å²) in [5.74, 6) is -6.56. The Hall–Kier alpha value is -9.15. The Kier molecular flexibility index (Phi) is 23.9. The quantitative estimate of drug-likeness (QED) is 0.00910. The number of nitriles is 1. The zero-order valence-corrected chi connectivity index (χ0v) is 55.5. The molecule has 0 radical (unpaired) electrons. The van der Waals surface area contributed by atoms with Crippen LogP contribution in [0.15, 0.2) is 122 Å². The minimum atomic E-state index is -5.07. The summed E-state index contributed by atoms with van der Waals surface area (Å²) in [5.41, 5.74) is -2.76. The standard InChI is InChI=1S/C54H53ClN14O20S6/c1-27-34(26-56)52-60-45-18-32(88-5)19-49(95(85,86)87)51(45)69(52)53(73)50(27)68-65-42-20-36(57-28(2)70)39(23-46(42)89-11-6-14-92(76,77)78)63-66-43-22-38(59-30(4)72)41(25-48(43)91-13-8-16-94(82,83)84)64-67-44-21-37(58-29(3)71)40(24-47(44)90-12-7-15-93(79,80)81)62-61-31-9-10-35(55)33(17-31)54(74)75/h9-10,17-25,73H,6-8,11-16H2,1-5H3,(H,57,70)(H,58,71)(H,59,72)(H,74,75)(H,76,77,78)(H,79,80,81)(H,82,83,84)(H,85,86,87). The highest BCUT2D eigenvalue weighted by molar-refractivity contribution is 7.99. The highest BCUT2D eigenvalue weighted by Crippen LogP contribution is 2.47. The molecule has 2 heterocycles. The number of aromatic nitrogens is 2. The van der Waals surface area contributed by atoms with Crippen LogP contribution in [0.4, 0.5) is 62.6 Å². The third-order valence-corrected chi connectivity index (χ3v) is 18.4. The first-order chi connectivity index (χ1) is 44.5. The van der Waals surface area contributed by atoms with Crippen molar-refractivity contribution in [1.29, 1.82) is 5.26 Å². The van der Waals surface area contributed by atoms with Crippen LogP contribution < -0.4 is 25.4 Å². The SMILES string of the molecule is COc1cc(S(=O)(=O)O)c2c(c1)nc1c(C#N)c(C)c(N=Nc3cc(NC(C)=O)c(N=Nc4cc(NC(C)=O)c(N=Nc5cc(NC(C)=O)c(N=Nc6ccc(Cl)c(C(=O)O)c6)cc5SCCCS(=O)(=O)O)cc4SCCCS(=O)(=O)O)cc3OCCCS(=O)(=O)O)c(O)n12. The molecule has 34 nitrogen and oxygen atoms in total. The smallest absolute Gasteiger partial charge is 0.337 e. The number of azo groups is 4. The first-order valence-corrected chi connectivity index (χ1v) is 35.6. The molecule has 0 saturated heterocycles. The van der Waals surface area contributed by atoms with Gasteiger partial charge < -0.3 is 35.6 Å². The van der Waals surface area contributed by atoms with Crippen molar-refractivity contribution in [3.63, 3.8) is 0 Å². The van der Waals surface area contributed by atoms with Gasteiger partial charge in [-0.05, 0) is 86.2 Å². The van der Waals surface area contributed by atoms with Crippen molar-refractivity contribution in [3.8, 4) is 23.4 Å². The summed E-state index contributed by atoms with van der Waals surface area (Å²) in [6.07, 6.45) is -0.540. The summed E-state index contributed by atoms with van der Waals surface area (Å²) in [4.78, 5) is 54.1. The lowest BCUT2D eigenvalue weighted by molar-refractivity contribution is -0.115. The number of imidazole rings is 1. The van der Waals surface area contributed by atoms with E-state index in [1.54, 1.807) is 0 Å². The summed E-state index contributed by atoms with van der Waals surface area (Å²) in [6, 6.07) is 15.7. The van der Waals surface area contributed by atoms with E-state index in [0.29, 0.717) is 0 Å². The molecule has 0 fully saturated rings. The molecule has 95 heavy (non-hydrogen) atoms. The zero-order chi connectivity index (χ0) is 69.9. The van der Waals surface area contributed by atoms with Crippen LogP contribution in [0, 0.1) is 18.3 Å². The van der Waals surface area contributed by atoms with Crippen molar-refractivity contribution in [2.45, 2.75) is 61.6 Å². The van der Waals surface area contributed by atoms with E-state index < -0.39 is 104 Å². The van der Waals surface area contributed by atoms with Gasteiger partial charge in [0.05, 0.1) is 75.3 Å². The zero-order valence-electron chi connectivity index (χ0n) is 49.9. The number of ether oxygens (including phenoxy) is 2. The summed E-state index contributed by atoms with van der Waals surface area (Å²) in [5, 5.41) is 74.1. The number of nitrogens with zero attached hydrogens (tertiary/aromatic N) is 11. The van der Waals surface area contributed by atoms with Gasteiger partial charge >= 0.3 is 5.97 Å². The molecule has 0 bridgehead atoms. The van der Waals surface area contributed by atoms with Crippen LogP contribution >= 0.6 is 35.1 Å². The summed E-state index contributed by atoms with van der Waals surface area (Å²) in [7, 11) is -17.2. The van der Waals surface area contributed by atoms with E-state index in [0.717, 1.165) is 66.0 Å². The first-order valence-electron chi connectivity index (χ1n) is 27.0. The number of aromatic hydroxyl groups is 1.